The molecule has 0 saturated heterocycles. The normalized spacial score (nSPS) is 11.2. The van der Waals surface area contributed by atoms with Crippen LogP contribution in [0.15, 0.2) is 30.3 Å². The van der Waals surface area contributed by atoms with E-state index in [1.807, 2.05) is 44.2 Å². The number of rotatable bonds is 6. The number of carbonyl (C=O) groups excluding carboxylic acids is 2. The molecule has 0 radical (unpaired) electrons. The lowest BCUT2D eigenvalue weighted by molar-refractivity contribution is -0.131. The lowest BCUT2D eigenvalue weighted by atomic mass is 9.81. The number of carbonyl (C=O) groups is 2. The van der Waals surface area contributed by atoms with Gasteiger partial charge in [0.15, 0.2) is 0 Å². The van der Waals surface area contributed by atoms with Crippen molar-refractivity contribution in [3.05, 3.63) is 35.9 Å². The molecule has 0 unspecified atom stereocenters. The van der Waals surface area contributed by atoms with Gasteiger partial charge in [0.2, 0.25) is 0 Å². The van der Waals surface area contributed by atoms with Gasteiger partial charge >= 0.3 is 0 Å². The van der Waals surface area contributed by atoms with Gasteiger partial charge in [-0.2, -0.15) is 0 Å². The van der Waals surface area contributed by atoms with Crippen LogP contribution in [0, 0.1) is 5.41 Å². The third kappa shape index (κ3) is 4.51. The Bertz CT molecular complexity index is 391. The summed E-state index contributed by atoms with van der Waals surface area (Å²) in [5, 5.41) is 0. The first-order valence-electron chi connectivity index (χ1n) is 5.98. The molecule has 0 aliphatic carbocycles. The molecule has 1 aromatic carbocycles. The Morgan fingerprint density at radius 3 is 2.24 bits per heavy atom. The summed E-state index contributed by atoms with van der Waals surface area (Å²) < 4.78 is 0. The van der Waals surface area contributed by atoms with Gasteiger partial charge in [-0.05, 0) is 18.9 Å². The van der Waals surface area contributed by atoms with E-state index in [0.717, 1.165) is 6.42 Å². The number of hydrogen-bond acceptors (Lipinski definition) is 2. The van der Waals surface area contributed by atoms with Crippen molar-refractivity contribution in [2.24, 2.45) is 5.41 Å². The summed E-state index contributed by atoms with van der Waals surface area (Å²) >= 11 is 0. The summed E-state index contributed by atoms with van der Waals surface area (Å²) in [5.41, 5.74) is 0.639. The van der Waals surface area contributed by atoms with Gasteiger partial charge < -0.3 is 0 Å². The molecule has 0 heterocycles. The third-order valence-corrected chi connectivity index (χ3v) is 2.93. The highest BCUT2D eigenvalue weighted by Crippen LogP contribution is 2.24. The zero-order valence-electron chi connectivity index (χ0n) is 10.8. The minimum absolute atomic E-state index is 0.0723. The molecule has 17 heavy (non-hydrogen) atoms. The van der Waals surface area contributed by atoms with Gasteiger partial charge in [0.05, 0.1) is 0 Å². The van der Waals surface area contributed by atoms with Crippen LogP contribution in [0.25, 0.3) is 0 Å². The van der Waals surface area contributed by atoms with E-state index in [4.69, 9.17) is 0 Å². The highest BCUT2D eigenvalue weighted by Gasteiger charge is 2.28. The zero-order chi connectivity index (χ0) is 12.9. The van der Waals surface area contributed by atoms with Gasteiger partial charge in [-0.25, -0.2) is 0 Å². The van der Waals surface area contributed by atoms with E-state index < -0.39 is 5.41 Å². The second-order valence-electron chi connectivity index (χ2n) is 5.17. The molecule has 0 bridgehead atoms. The first-order chi connectivity index (χ1) is 7.92. The van der Waals surface area contributed by atoms with Crippen LogP contribution in [0.3, 0.4) is 0 Å². The molecule has 92 valence electrons. The maximum absolute atomic E-state index is 12.0. The van der Waals surface area contributed by atoms with Gasteiger partial charge in [0.1, 0.15) is 11.6 Å². The minimum Gasteiger partial charge on any atom is -0.300 e. The number of hydrogen-bond donors (Lipinski definition) is 0. The number of ketones is 2. The van der Waals surface area contributed by atoms with Crippen LogP contribution in [0.4, 0.5) is 0 Å². The first-order valence-corrected chi connectivity index (χ1v) is 5.98. The van der Waals surface area contributed by atoms with Crippen molar-refractivity contribution in [2.75, 3.05) is 0 Å². The van der Waals surface area contributed by atoms with Crippen molar-refractivity contribution < 1.29 is 9.59 Å². The molecule has 1 aromatic rings. The summed E-state index contributed by atoms with van der Waals surface area (Å²) in [6.07, 6.45) is 1.59. The fraction of sp³-hybridized carbons (Fsp3) is 0.467. The van der Waals surface area contributed by atoms with Crippen molar-refractivity contribution in [1.82, 2.24) is 0 Å². The summed E-state index contributed by atoms with van der Waals surface area (Å²) in [6.45, 7) is 5.23. The molecule has 0 amide bonds. The van der Waals surface area contributed by atoms with Crippen molar-refractivity contribution in [1.29, 1.82) is 0 Å². The fourth-order valence-corrected chi connectivity index (χ4v) is 1.96. The Kier molecular flexibility index (Phi) is 4.62. The highest BCUT2D eigenvalue weighted by atomic mass is 16.1. The van der Waals surface area contributed by atoms with E-state index in [0.29, 0.717) is 12.8 Å². The van der Waals surface area contributed by atoms with Crippen LogP contribution < -0.4 is 0 Å². The van der Waals surface area contributed by atoms with Gasteiger partial charge in [-0.3, -0.25) is 9.59 Å². The topological polar surface area (TPSA) is 34.1 Å². The van der Waals surface area contributed by atoms with Crippen LogP contribution >= 0.6 is 0 Å². The summed E-state index contributed by atoms with van der Waals surface area (Å²) in [4.78, 5) is 23.1. The van der Waals surface area contributed by atoms with Crippen molar-refractivity contribution >= 4 is 11.6 Å². The molecule has 0 spiro atoms. The molecule has 2 nitrogen and oxygen atoms in total. The average molecular weight is 232 g/mol. The number of benzene rings is 1. The molecule has 1 rings (SSSR count). The van der Waals surface area contributed by atoms with Crippen LogP contribution in [0.5, 0.6) is 0 Å². The summed E-state index contributed by atoms with van der Waals surface area (Å²) in [7, 11) is 0. The zero-order valence-corrected chi connectivity index (χ0v) is 10.8. The van der Waals surface area contributed by atoms with Crippen LogP contribution in [0.2, 0.25) is 0 Å². The summed E-state index contributed by atoms with van der Waals surface area (Å²) in [5.74, 6) is 0.236. The molecule has 0 saturated carbocycles. The highest BCUT2D eigenvalue weighted by molar-refractivity contribution is 5.89. The quantitative estimate of drug-likeness (QED) is 0.754. The molecule has 0 N–H and O–H groups in total. The van der Waals surface area contributed by atoms with Gasteiger partial charge in [-0.1, -0.05) is 44.2 Å². The Hall–Kier alpha value is -1.44. The molecule has 0 aliphatic rings. The Labute approximate surface area is 103 Å². The van der Waals surface area contributed by atoms with E-state index >= 15 is 0 Å². The predicted octanol–water partition coefficient (Wildman–Crippen LogP) is 3.19. The molecular formula is C15H20O2. The predicted molar refractivity (Wildman–Crippen MR) is 68.8 cm³/mol. The van der Waals surface area contributed by atoms with E-state index in [1.54, 1.807) is 0 Å². The lowest BCUT2D eigenvalue weighted by Gasteiger charge is -2.21. The number of aryl methyl sites for hydroxylation is 1. The van der Waals surface area contributed by atoms with Crippen LogP contribution in [0.1, 0.15) is 39.2 Å². The molecule has 0 fully saturated rings. The smallest absolute Gasteiger partial charge is 0.139 e. The Balaban J connectivity index is 2.52. The van der Waals surface area contributed by atoms with Crippen LogP contribution in [-0.2, 0) is 16.0 Å². The lowest BCUT2D eigenvalue weighted by Crippen LogP contribution is -2.27. The van der Waals surface area contributed by atoms with Gasteiger partial charge in [0.25, 0.3) is 0 Å². The second-order valence-corrected chi connectivity index (χ2v) is 5.17. The second kappa shape index (κ2) is 5.76. The van der Waals surface area contributed by atoms with Crippen LogP contribution in [-0.4, -0.2) is 11.6 Å². The molecular weight excluding hydrogens is 212 g/mol. The first kappa shape index (κ1) is 13.6. The largest absolute Gasteiger partial charge is 0.300 e. The molecule has 2 heteroatoms. The molecule has 0 atom stereocenters. The van der Waals surface area contributed by atoms with Crippen molar-refractivity contribution in [3.8, 4) is 0 Å². The minimum atomic E-state index is -0.527. The van der Waals surface area contributed by atoms with Gasteiger partial charge in [0, 0.05) is 18.3 Å². The monoisotopic (exact) mass is 232 g/mol. The third-order valence-electron chi connectivity index (χ3n) is 2.93. The average Bonchev–Trinajstić information content (AvgIpc) is 2.25. The standard InChI is InChI=1S/C15H20O2/c1-12(16)11-15(2,3)14(17)10-9-13-7-5-4-6-8-13/h4-8H,9-11H2,1-3H3. The van der Waals surface area contributed by atoms with E-state index in [1.165, 1.54) is 12.5 Å². The van der Waals surface area contributed by atoms with E-state index in [2.05, 4.69) is 0 Å². The maximum atomic E-state index is 12.0. The summed E-state index contributed by atoms with van der Waals surface area (Å²) in [6, 6.07) is 9.95. The van der Waals surface area contributed by atoms with Crippen molar-refractivity contribution in [3.63, 3.8) is 0 Å². The van der Waals surface area contributed by atoms with E-state index in [9.17, 15) is 9.59 Å². The van der Waals surface area contributed by atoms with Gasteiger partial charge in [-0.15, -0.1) is 0 Å². The van der Waals surface area contributed by atoms with Crippen molar-refractivity contribution in [2.45, 2.75) is 40.0 Å². The molecule has 0 aliphatic heterocycles. The SMILES string of the molecule is CC(=O)CC(C)(C)C(=O)CCc1ccccc1. The fourth-order valence-electron chi connectivity index (χ4n) is 1.96. The Morgan fingerprint density at radius 1 is 1.12 bits per heavy atom. The molecule has 0 aromatic heterocycles. The Morgan fingerprint density at radius 2 is 1.71 bits per heavy atom. The maximum Gasteiger partial charge on any atom is 0.139 e. The number of Topliss-reactive ketones (excluding diaryl/α,β-unsaturated/α-hetero) is 2. The van der Waals surface area contributed by atoms with E-state index in [-0.39, 0.29) is 11.6 Å².